The van der Waals surface area contributed by atoms with Gasteiger partial charge in [0, 0.05) is 12.6 Å². The van der Waals surface area contributed by atoms with Crippen LogP contribution in [0.1, 0.15) is 49.7 Å². The maximum absolute atomic E-state index is 12.0. The van der Waals surface area contributed by atoms with Crippen LogP contribution >= 0.6 is 0 Å². The van der Waals surface area contributed by atoms with Crippen molar-refractivity contribution in [3.63, 3.8) is 0 Å². The second-order valence-electron chi connectivity index (χ2n) is 6.65. The number of anilines is 1. The van der Waals surface area contributed by atoms with Gasteiger partial charge in [0.25, 0.3) is 0 Å². The van der Waals surface area contributed by atoms with Gasteiger partial charge in [-0.05, 0) is 24.8 Å². The van der Waals surface area contributed by atoms with Crippen LogP contribution in [-0.4, -0.2) is 15.7 Å². The second-order valence-corrected chi connectivity index (χ2v) is 6.65. The minimum atomic E-state index is 0.104. The molecule has 0 radical (unpaired) electrons. The van der Waals surface area contributed by atoms with Gasteiger partial charge in [-0.25, -0.2) is 0 Å². The fraction of sp³-hybridized carbons (Fsp3) is 0.474. The van der Waals surface area contributed by atoms with E-state index in [4.69, 9.17) is 0 Å². The topological polar surface area (TPSA) is 46.9 Å². The molecule has 1 aromatic carbocycles. The smallest absolute Gasteiger partial charge is 0.224 e. The van der Waals surface area contributed by atoms with Crippen LogP contribution in [0.15, 0.2) is 36.7 Å². The first-order valence-electron chi connectivity index (χ1n) is 8.57. The van der Waals surface area contributed by atoms with Crippen LogP contribution in [0.4, 0.5) is 5.69 Å². The number of nitrogens with one attached hydrogen (secondary N) is 1. The van der Waals surface area contributed by atoms with Gasteiger partial charge in [0.2, 0.25) is 5.91 Å². The monoisotopic (exact) mass is 311 g/mol. The zero-order chi connectivity index (χ0) is 16.1. The average molecular weight is 311 g/mol. The van der Waals surface area contributed by atoms with E-state index in [0.717, 1.165) is 24.6 Å². The van der Waals surface area contributed by atoms with Crippen molar-refractivity contribution in [2.24, 2.45) is 5.92 Å². The Kier molecular flexibility index (Phi) is 5.11. The van der Waals surface area contributed by atoms with Gasteiger partial charge in [0.05, 0.1) is 18.4 Å². The Hall–Kier alpha value is -2.10. The summed E-state index contributed by atoms with van der Waals surface area (Å²) in [7, 11) is 0. The number of hydrogen-bond acceptors (Lipinski definition) is 2. The minimum Gasteiger partial charge on any atom is -0.323 e. The Morgan fingerprint density at radius 3 is 2.96 bits per heavy atom. The zero-order valence-electron chi connectivity index (χ0n) is 13.8. The lowest BCUT2D eigenvalue weighted by Crippen LogP contribution is -2.12. The minimum absolute atomic E-state index is 0.104. The lowest BCUT2D eigenvalue weighted by Gasteiger charge is -2.08. The van der Waals surface area contributed by atoms with Gasteiger partial charge in [-0.3, -0.25) is 9.48 Å². The van der Waals surface area contributed by atoms with E-state index in [1.165, 1.54) is 36.8 Å². The maximum Gasteiger partial charge on any atom is 0.224 e. The van der Waals surface area contributed by atoms with Gasteiger partial charge in [-0.15, -0.1) is 0 Å². The van der Waals surface area contributed by atoms with E-state index < -0.39 is 0 Å². The summed E-state index contributed by atoms with van der Waals surface area (Å²) in [6.45, 7) is 2.81. The van der Waals surface area contributed by atoms with E-state index in [9.17, 15) is 4.79 Å². The van der Waals surface area contributed by atoms with Gasteiger partial charge in [-0.1, -0.05) is 55.5 Å². The molecule has 122 valence electrons. The molecule has 1 aliphatic rings. The molecule has 1 amide bonds. The molecule has 1 N–H and O–H groups in total. The fourth-order valence-electron chi connectivity index (χ4n) is 3.37. The third-order valence-electron chi connectivity index (χ3n) is 4.60. The third-order valence-corrected chi connectivity index (χ3v) is 4.60. The predicted octanol–water partition coefficient (Wildman–Crippen LogP) is 4.15. The normalized spacial score (nSPS) is 15.0. The third kappa shape index (κ3) is 4.68. The molecule has 0 aliphatic heterocycles. The van der Waals surface area contributed by atoms with Crippen molar-refractivity contribution in [3.05, 3.63) is 47.8 Å². The Morgan fingerprint density at radius 1 is 1.35 bits per heavy atom. The summed E-state index contributed by atoms with van der Waals surface area (Å²) in [5.41, 5.74) is 3.25. The first kappa shape index (κ1) is 15.8. The van der Waals surface area contributed by atoms with E-state index in [1.54, 1.807) is 6.20 Å². The van der Waals surface area contributed by atoms with Crippen LogP contribution in [0.2, 0.25) is 0 Å². The molecule has 2 aromatic rings. The number of rotatable bonds is 6. The molecule has 0 atom stereocenters. The summed E-state index contributed by atoms with van der Waals surface area (Å²) >= 11 is 0. The molecular weight excluding hydrogens is 286 g/mol. The highest BCUT2D eigenvalue weighted by molar-refractivity contribution is 5.90. The van der Waals surface area contributed by atoms with Gasteiger partial charge < -0.3 is 5.32 Å². The lowest BCUT2D eigenvalue weighted by molar-refractivity contribution is -0.116. The number of aromatic nitrogens is 2. The van der Waals surface area contributed by atoms with Crippen molar-refractivity contribution in [3.8, 4) is 0 Å². The van der Waals surface area contributed by atoms with Gasteiger partial charge in [0.1, 0.15) is 0 Å². The highest BCUT2D eigenvalue weighted by Gasteiger charge is 2.16. The molecule has 1 aliphatic carbocycles. The van der Waals surface area contributed by atoms with E-state index >= 15 is 0 Å². The molecule has 1 aromatic heterocycles. The van der Waals surface area contributed by atoms with Crippen LogP contribution in [-0.2, 0) is 11.3 Å². The molecular formula is C19H25N3O. The summed E-state index contributed by atoms with van der Waals surface area (Å²) in [6, 6.07) is 8.39. The number of hydrogen-bond donors (Lipinski definition) is 1. The van der Waals surface area contributed by atoms with E-state index in [1.807, 2.05) is 10.9 Å². The predicted molar refractivity (Wildman–Crippen MR) is 92.3 cm³/mol. The summed E-state index contributed by atoms with van der Waals surface area (Å²) in [4.78, 5) is 12.0. The Bertz CT molecular complexity index is 656. The molecule has 0 saturated heterocycles. The quantitative estimate of drug-likeness (QED) is 0.871. The van der Waals surface area contributed by atoms with Crippen LogP contribution < -0.4 is 5.32 Å². The number of benzene rings is 1. The number of carbonyl (C=O) groups is 1. The Labute approximate surface area is 137 Å². The van der Waals surface area contributed by atoms with Crippen molar-refractivity contribution in [1.29, 1.82) is 0 Å². The van der Waals surface area contributed by atoms with E-state index in [-0.39, 0.29) is 5.91 Å². The van der Waals surface area contributed by atoms with Gasteiger partial charge in [-0.2, -0.15) is 5.10 Å². The van der Waals surface area contributed by atoms with E-state index in [0.29, 0.717) is 6.42 Å². The zero-order valence-corrected chi connectivity index (χ0v) is 13.8. The Morgan fingerprint density at radius 2 is 2.17 bits per heavy atom. The summed E-state index contributed by atoms with van der Waals surface area (Å²) in [5.74, 6) is 0.858. The van der Waals surface area contributed by atoms with Gasteiger partial charge >= 0.3 is 0 Å². The standard InChI is InChI=1S/C19H25N3O/c1-15-5-4-8-17(11-15)13-22-14-18(12-20-22)21-19(23)10-9-16-6-2-3-7-16/h4-5,8,11-12,14,16H,2-3,6-7,9-10,13H2,1H3,(H,21,23). The average Bonchev–Trinajstić information content (AvgIpc) is 3.17. The number of nitrogens with zero attached hydrogens (tertiary/aromatic N) is 2. The SMILES string of the molecule is Cc1cccc(Cn2cc(NC(=O)CCC3CCCC3)cn2)c1. The molecule has 4 nitrogen and oxygen atoms in total. The van der Waals surface area contributed by atoms with Crippen LogP contribution in [0, 0.1) is 12.8 Å². The highest BCUT2D eigenvalue weighted by atomic mass is 16.1. The summed E-state index contributed by atoms with van der Waals surface area (Å²) in [6.07, 6.45) is 10.5. The second kappa shape index (κ2) is 7.44. The molecule has 0 spiro atoms. The van der Waals surface area contributed by atoms with Crippen molar-refractivity contribution in [2.45, 2.75) is 52.0 Å². The van der Waals surface area contributed by atoms with Crippen molar-refractivity contribution in [1.82, 2.24) is 9.78 Å². The molecule has 1 saturated carbocycles. The molecule has 23 heavy (non-hydrogen) atoms. The van der Waals surface area contributed by atoms with Crippen molar-refractivity contribution < 1.29 is 4.79 Å². The first-order valence-corrected chi connectivity index (χ1v) is 8.57. The number of carbonyl (C=O) groups excluding carboxylic acids is 1. The van der Waals surface area contributed by atoms with E-state index in [2.05, 4.69) is 41.6 Å². The summed E-state index contributed by atoms with van der Waals surface area (Å²) < 4.78 is 1.86. The van der Waals surface area contributed by atoms with Crippen molar-refractivity contribution >= 4 is 11.6 Å². The molecule has 3 rings (SSSR count). The van der Waals surface area contributed by atoms with Crippen molar-refractivity contribution in [2.75, 3.05) is 5.32 Å². The molecule has 0 bridgehead atoms. The molecule has 1 fully saturated rings. The van der Waals surface area contributed by atoms with Crippen LogP contribution in [0.5, 0.6) is 0 Å². The van der Waals surface area contributed by atoms with Gasteiger partial charge in [0.15, 0.2) is 0 Å². The summed E-state index contributed by atoms with van der Waals surface area (Å²) in [5, 5.41) is 7.29. The molecule has 4 heteroatoms. The number of aryl methyl sites for hydroxylation is 1. The molecule has 0 unspecified atom stereocenters. The highest BCUT2D eigenvalue weighted by Crippen LogP contribution is 2.28. The lowest BCUT2D eigenvalue weighted by atomic mass is 10.0. The molecule has 1 heterocycles. The fourth-order valence-corrected chi connectivity index (χ4v) is 3.37. The number of amides is 1. The maximum atomic E-state index is 12.0. The Balaban J connectivity index is 1.49. The first-order chi connectivity index (χ1) is 11.2. The van der Waals surface area contributed by atoms with Crippen LogP contribution in [0.25, 0.3) is 0 Å². The van der Waals surface area contributed by atoms with Crippen LogP contribution in [0.3, 0.4) is 0 Å². The largest absolute Gasteiger partial charge is 0.323 e.